The van der Waals surface area contributed by atoms with E-state index in [2.05, 4.69) is 46.3 Å². The van der Waals surface area contributed by atoms with E-state index < -0.39 is 0 Å². The summed E-state index contributed by atoms with van der Waals surface area (Å²) >= 11 is 0. The van der Waals surface area contributed by atoms with E-state index in [1.54, 1.807) is 7.11 Å². The summed E-state index contributed by atoms with van der Waals surface area (Å²) in [5.74, 6) is 0. The molecule has 0 fully saturated rings. The smallest absolute Gasteiger partial charge is 0.0605 e. The Kier molecular flexibility index (Phi) is 7.56. The van der Waals surface area contributed by atoms with Gasteiger partial charge in [0.15, 0.2) is 0 Å². The Morgan fingerprint density at radius 1 is 0.846 bits per heavy atom. The summed E-state index contributed by atoms with van der Waals surface area (Å²) in [5.41, 5.74) is -0.0312. The highest BCUT2D eigenvalue weighted by Gasteiger charge is 2.19. The van der Waals surface area contributed by atoms with E-state index in [1.165, 1.54) is 0 Å². The maximum absolute atomic E-state index is 5.62. The Labute approximate surface area is 83.6 Å². The predicted octanol–water partition coefficient (Wildman–Crippen LogP) is 3.25. The van der Waals surface area contributed by atoms with Crippen molar-refractivity contribution < 1.29 is 9.47 Å². The minimum absolute atomic E-state index is 0.0156. The second kappa shape index (κ2) is 6.39. The average Bonchev–Trinajstić information content (AvgIpc) is 1.80. The van der Waals surface area contributed by atoms with Crippen molar-refractivity contribution >= 4 is 0 Å². The lowest BCUT2D eigenvalue weighted by molar-refractivity contribution is -0.102. The van der Waals surface area contributed by atoms with Gasteiger partial charge in [0.25, 0.3) is 0 Å². The van der Waals surface area contributed by atoms with Crippen molar-refractivity contribution in [2.75, 3.05) is 13.7 Å². The number of hydrogen-bond donors (Lipinski definition) is 0. The summed E-state index contributed by atoms with van der Waals surface area (Å²) in [6.45, 7) is 15.2. The lowest BCUT2D eigenvalue weighted by atomic mass is 10.1. The fraction of sp³-hybridized carbons (Fsp3) is 1.00. The van der Waals surface area contributed by atoms with Crippen molar-refractivity contribution in [1.29, 1.82) is 0 Å². The SMILES string of the molecule is CC(C)(C)OC(C)(C)C.CCOC. The molecule has 0 aliphatic heterocycles. The summed E-state index contributed by atoms with van der Waals surface area (Å²) in [6.07, 6.45) is 0. The fourth-order valence-electron chi connectivity index (χ4n) is 0.919. The van der Waals surface area contributed by atoms with E-state index in [0.29, 0.717) is 0 Å². The molecule has 0 saturated heterocycles. The summed E-state index contributed by atoms with van der Waals surface area (Å²) in [7, 11) is 1.68. The maximum Gasteiger partial charge on any atom is 0.0605 e. The van der Waals surface area contributed by atoms with Crippen LogP contribution in [0, 0.1) is 0 Å². The fourth-order valence-corrected chi connectivity index (χ4v) is 0.919. The van der Waals surface area contributed by atoms with Gasteiger partial charge in [0.1, 0.15) is 0 Å². The molecule has 0 aromatic carbocycles. The van der Waals surface area contributed by atoms with E-state index in [-0.39, 0.29) is 11.2 Å². The molecule has 0 rings (SSSR count). The van der Waals surface area contributed by atoms with Crippen LogP contribution in [0.1, 0.15) is 48.5 Å². The van der Waals surface area contributed by atoms with Gasteiger partial charge in [-0.1, -0.05) is 0 Å². The van der Waals surface area contributed by atoms with Crippen molar-refractivity contribution in [3.05, 3.63) is 0 Å². The van der Waals surface area contributed by atoms with Crippen molar-refractivity contribution in [2.24, 2.45) is 0 Å². The highest BCUT2D eigenvalue weighted by Crippen LogP contribution is 2.17. The monoisotopic (exact) mass is 190 g/mol. The molecule has 0 radical (unpaired) electrons. The van der Waals surface area contributed by atoms with Gasteiger partial charge in [0, 0.05) is 13.7 Å². The Balaban J connectivity index is 0. The van der Waals surface area contributed by atoms with Crippen LogP contribution in [-0.2, 0) is 9.47 Å². The maximum atomic E-state index is 5.62. The molecule has 0 spiro atoms. The van der Waals surface area contributed by atoms with Gasteiger partial charge in [-0.15, -0.1) is 0 Å². The molecule has 0 aliphatic rings. The Morgan fingerprint density at radius 3 is 1.08 bits per heavy atom. The van der Waals surface area contributed by atoms with Gasteiger partial charge in [-0.2, -0.15) is 0 Å². The number of rotatable bonds is 1. The van der Waals surface area contributed by atoms with E-state index >= 15 is 0 Å². The van der Waals surface area contributed by atoms with Gasteiger partial charge >= 0.3 is 0 Å². The van der Waals surface area contributed by atoms with Crippen LogP contribution in [0.25, 0.3) is 0 Å². The second-order valence-electron chi connectivity index (χ2n) is 4.90. The van der Waals surface area contributed by atoms with Gasteiger partial charge in [0.2, 0.25) is 0 Å². The Hall–Kier alpha value is -0.0800. The lowest BCUT2D eigenvalue weighted by Crippen LogP contribution is -2.31. The third-order valence-corrected chi connectivity index (χ3v) is 0.901. The molecule has 2 nitrogen and oxygen atoms in total. The first-order valence-electron chi connectivity index (χ1n) is 4.81. The molecule has 0 saturated carbocycles. The largest absolute Gasteiger partial charge is 0.385 e. The van der Waals surface area contributed by atoms with Crippen LogP contribution < -0.4 is 0 Å². The highest BCUT2D eigenvalue weighted by atomic mass is 16.5. The van der Waals surface area contributed by atoms with E-state index in [1.807, 2.05) is 6.92 Å². The Morgan fingerprint density at radius 2 is 1.08 bits per heavy atom. The summed E-state index contributed by atoms with van der Waals surface area (Å²) in [5, 5.41) is 0. The minimum atomic E-state index is -0.0156. The van der Waals surface area contributed by atoms with Gasteiger partial charge in [-0.3, -0.25) is 0 Å². The van der Waals surface area contributed by atoms with Gasteiger partial charge < -0.3 is 9.47 Å². The summed E-state index contributed by atoms with van der Waals surface area (Å²) in [6, 6.07) is 0. The molecule has 0 atom stereocenters. The van der Waals surface area contributed by atoms with Crippen LogP contribution in [0.2, 0.25) is 0 Å². The molecule has 0 aromatic rings. The molecule has 0 aromatic heterocycles. The average molecular weight is 190 g/mol. The van der Waals surface area contributed by atoms with Crippen LogP contribution in [0.3, 0.4) is 0 Å². The van der Waals surface area contributed by atoms with Crippen LogP contribution in [0.4, 0.5) is 0 Å². The van der Waals surface area contributed by atoms with Crippen molar-refractivity contribution in [2.45, 2.75) is 59.7 Å². The number of ether oxygens (including phenoxy) is 2. The van der Waals surface area contributed by atoms with Crippen molar-refractivity contribution in [1.82, 2.24) is 0 Å². The zero-order valence-electron chi connectivity index (χ0n) is 10.5. The van der Waals surface area contributed by atoms with Crippen LogP contribution in [-0.4, -0.2) is 24.9 Å². The summed E-state index contributed by atoms with van der Waals surface area (Å²) in [4.78, 5) is 0. The molecule has 0 amide bonds. The molecule has 0 heterocycles. The van der Waals surface area contributed by atoms with E-state index in [4.69, 9.17) is 4.74 Å². The lowest BCUT2D eigenvalue weighted by Gasteiger charge is -2.30. The van der Waals surface area contributed by atoms with Crippen LogP contribution >= 0.6 is 0 Å². The first-order chi connectivity index (χ1) is 5.62. The molecule has 2 heteroatoms. The first-order valence-corrected chi connectivity index (χ1v) is 4.81. The zero-order chi connectivity index (χ0) is 11.1. The van der Waals surface area contributed by atoms with Gasteiger partial charge in [-0.25, -0.2) is 0 Å². The topological polar surface area (TPSA) is 18.5 Å². The third-order valence-electron chi connectivity index (χ3n) is 0.901. The van der Waals surface area contributed by atoms with E-state index in [9.17, 15) is 0 Å². The molecule has 13 heavy (non-hydrogen) atoms. The zero-order valence-corrected chi connectivity index (χ0v) is 10.5. The van der Waals surface area contributed by atoms with Crippen molar-refractivity contribution in [3.8, 4) is 0 Å². The number of methoxy groups -OCH3 is 1. The third kappa shape index (κ3) is 24.5. The summed E-state index contributed by atoms with van der Waals surface area (Å²) < 4.78 is 10.2. The predicted molar refractivity (Wildman–Crippen MR) is 58.1 cm³/mol. The molecule has 82 valence electrons. The first kappa shape index (κ1) is 15.4. The molecule has 0 aliphatic carbocycles. The van der Waals surface area contributed by atoms with Crippen LogP contribution in [0.15, 0.2) is 0 Å². The Bertz CT molecular complexity index is 92.2. The molecule has 0 unspecified atom stereocenters. The molecular weight excluding hydrogens is 164 g/mol. The van der Waals surface area contributed by atoms with Crippen molar-refractivity contribution in [3.63, 3.8) is 0 Å². The second-order valence-corrected chi connectivity index (χ2v) is 4.90. The molecule has 0 N–H and O–H groups in total. The minimum Gasteiger partial charge on any atom is -0.385 e. The quantitative estimate of drug-likeness (QED) is 0.632. The highest BCUT2D eigenvalue weighted by molar-refractivity contribution is 4.68. The van der Waals surface area contributed by atoms with E-state index in [0.717, 1.165) is 6.61 Å². The normalized spacial score (nSPS) is 12.0. The molecule has 0 bridgehead atoms. The number of hydrogen-bond acceptors (Lipinski definition) is 2. The molecular formula is C11H26O2. The standard InChI is InChI=1S/C8H18O.C3H8O/c1-7(2,3)9-8(4,5)6;1-3-4-2/h1-6H3;3H2,1-2H3. The van der Waals surface area contributed by atoms with Crippen LogP contribution in [0.5, 0.6) is 0 Å². The van der Waals surface area contributed by atoms with Gasteiger partial charge in [0.05, 0.1) is 11.2 Å². The van der Waals surface area contributed by atoms with Gasteiger partial charge in [-0.05, 0) is 48.5 Å².